The van der Waals surface area contributed by atoms with E-state index in [4.69, 9.17) is 5.73 Å². The van der Waals surface area contributed by atoms with E-state index in [0.717, 1.165) is 12.8 Å². The Balaban J connectivity index is 2.73. The Morgan fingerprint density at radius 3 is 3.00 bits per heavy atom. The monoisotopic (exact) mass is 193 g/mol. The quantitative estimate of drug-likeness (QED) is 0.734. The van der Waals surface area contributed by atoms with Crippen molar-refractivity contribution < 1.29 is 0 Å². The van der Waals surface area contributed by atoms with Crippen molar-refractivity contribution in [2.75, 3.05) is 0 Å². The number of hydrogen-bond donors (Lipinski definition) is 1. The second-order valence-electron chi connectivity index (χ2n) is 2.90. The van der Waals surface area contributed by atoms with Crippen LogP contribution in [-0.4, -0.2) is 0 Å². The summed E-state index contributed by atoms with van der Waals surface area (Å²) in [6, 6.07) is 2.25. The summed E-state index contributed by atoms with van der Waals surface area (Å²) in [6.45, 7) is 4.01. The number of aryl methyl sites for hydroxylation is 1. The minimum atomic E-state index is 0.0994. The predicted molar refractivity (Wildman–Crippen MR) is 58.7 cm³/mol. The highest BCUT2D eigenvalue weighted by molar-refractivity contribution is 7.10. The van der Waals surface area contributed by atoms with E-state index < -0.39 is 0 Å². The Bertz CT molecular complexity index is 316. The molecule has 0 amide bonds. The molecule has 0 spiro atoms. The summed E-state index contributed by atoms with van der Waals surface area (Å²) in [4.78, 5) is 1.30. The molecule has 1 rings (SSSR count). The Kier molecular flexibility index (Phi) is 4.01. The molecule has 2 heteroatoms. The summed E-state index contributed by atoms with van der Waals surface area (Å²) >= 11 is 1.74. The third-order valence-electron chi connectivity index (χ3n) is 2.00. The van der Waals surface area contributed by atoms with Gasteiger partial charge in [0.2, 0.25) is 0 Å². The van der Waals surface area contributed by atoms with Gasteiger partial charge in [-0.05, 0) is 30.4 Å². The van der Waals surface area contributed by atoms with Gasteiger partial charge in [-0.2, -0.15) is 0 Å². The fraction of sp³-hybridized carbons (Fsp3) is 0.455. The van der Waals surface area contributed by atoms with Crippen LogP contribution in [0.25, 0.3) is 0 Å². The topological polar surface area (TPSA) is 26.0 Å². The molecule has 1 unspecified atom stereocenters. The zero-order valence-corrected chi connectivity index (χ0v) is 8.95. The van der Waals surface area contributed by atoms with E-state index in [1.807, 2.05) is 6.92 Å². The van der Waals surface area contributed by atoms with Crippen molar-refractivity contribution in [2.45, 2.75) is 32.7 Å². The fourth-order valence-corrected chi connectivity index (χ4v) is 2.27. The van der Waals surface area contributed by atoms with Gasteiger partial charge in [-0.1, -0.05) is 6.92 Å². The summed E-state index contributed by atoms with van der Waals surface area (Å²) in [7, 11) is 0. The van der Waals surface area contributed by atoms with Crippen LogP contribution in [0.5, 0.6) is 0 Å². The van der Waals surface area contributed by atoms with Crippen LogP contribution in [0, 0.1) is 11.8 Å². The Morgan fingerprint density at radius 2 is 2.38 bits per heavy atom. The predicted octanol–water partition coefficient (Wildman–Crippen LogP) is 2.72. The lowest BCUT2D eigenvalue weighted by molar-refractivity contribution is 0.760. The molecule has 0 aliphatic carbocycles. The molecule has 1 atom stereocenters. The maximum atomic E-state index is 6.01. The summed E-state index contributed by atoms with van der Waals surface area (Å²) in [5.41, 5.74) is 7.38. The molecule has 0 aromatic carbocycles. The molecular formula is C11H15NS. The molecule has 0 saturated carbocycles. The van der Waals surface area contributed by atoms with E-state index in [0.29, 0.717) is 0 Å². The molecule has 1 aromatic rings. The normalized spacial score (nSPS) is 11.9. The van der Waals surface area contributed by atoms with E-state index >= 15 is 0 Å². The Morgan fingerprint density at radius 1 is 1.62 bits per heavy atom. The van der Waals surface area contributed by atoms with Gasteiger partial charge < -0.3 is 5.73 Å². The van der Waals surface area contributed by atoms with Crippen LogP contribution in [0.2, 0.25) is 0 Å². The molecule has 0 saturated heterocycles. The standard InChI is InChI=1S/C11H15NS/c1-3-5-6-10(12)11-9(4-2)7-8-13-11/h7-8,10H,4,6,12H2,1-2H3. The van der Waals surface area contributed by atoms with E-state index in [9.17, 15) is 0 Å². The van der Waals surface area contributed by atoms with Crippen molar-refractivity contribution in [2.24, 2.45) is 5.73 Å². The van der Waals surface area contributed by atoms with Crippen molar-refractivity contribution in [3.8, 4) is 11.8 Å². The molecule has 0 aliphatic heterocycles. The number of hydrogen-bond acceptors (Lipinski definition) is 2. The van der Waals surface area contributed by atoms with Crippen LogP contribution in [0.3, 0.4) is 0 Å². The molecule has 0 radical (unpaired) electrons. The highest BCUT2D eigenvalue weighted by Crippen LogP contribution is 2.25. The van der Waals surface area contributed by atoms with Gasteiger partial charge in [-0.15, -0.1) is 23.2 Å². The summed E-state index contributed by atoms with van der Waals surface area (Å²) < 4.78 is 0. The van der Waals surface area contributed by atoms with Gasteiger partial charge >= 0.3 is 0 Å². The average Bonchev–Trinajstić information content (AvgIpc) is 2.61. The molecule has 0 aliphatic rings. The van der Waals surface area contributed by atoms with Crippen LogP contribution in [0.1, 0.15) is 36.8 Å². The van der Waals surface area contributed by atoms with Crippen molar-refractivity contribution in [1.29, 1.82) is 0 Å². The fourth-order valence-electron chi connectivity index (χ4n) is 1.27. The molecule has 13 heavy (non-hydrogen) atoms. The lowest BCUT2D eigenvalue weighted by atomic mass is 10.1. The number of rotatable bonds is 3. The van der Waals surface area contributed by atoms with Crippen molar-refractivity contribution in [1.82, 2.24) is 0 Å². The van der Waals surface area contributed by atoms with Crippen LogP contribution >= 0.6 is 11.3 Å². The van der Waals surface area contributed by atoms with E-state index in [-0.39, 0.29) is 6.04 Å². The minimum absolute atomic E-state index is 0.0994. The number of nitrogens with two attached hydrogens (primary N) is 1. The minimum Gasteiger partial charge on any atom is -0.322 e. The third-order valence-corrected chi connectivity index (χ3v) is 3.09. The zero-order chi connectivity index (χ0) is 9.68. The largest absolute Gasteiger partial charge is 0.322 e. The first-order chi connectivity index (χ1) is 6.29. The van der Waals surface area contributed by atoms with Crippen molar-refractivity contribution >= 4 is 11.3 Å². The van der Waals surface area contributed by atoms with Gasteiger partial charge in [-0.25, -0.2) is 0 Å². The second kappa shape index (κ2) is 5.06. The van der Waals surface area contributed by atoms with Crippen LogP contribution in [0.4, 0.5) is 0 Å². The SMILES string of the molecule is CC#CCC(N)c1sccc1CC. The van der Waals surface area contributed by atoms with Gasteiger partial charge in [-0.3, -0.25) is 0 Å². The Labute approximate surface area is 84.0 Å². The van der Waals surface area contributed by atoms with Crippen LogP contribution < -0.4 is 5.73 Å². The molecule has 1 nitrogen and oxygen atoms in total. The second-order valence-corrected chi connectivity index (χ2v) is 3.85. The molecule has 1 heterocycles. The lowest BCUT2D eigenvalue weighted by Gasteiger charge is -2.07. The van der Waals surface area contributed by atoms with Gasteiger partial charge in [0.1, 0.15) is 0 Å². The first-order valence-electron chi connectivity index (χ1n) is 4.51. The highest BCUT2D eigenvalue weighted by Gasteiger charge is 2.09. The van der Waals surface area contributed by atoms with Crippen molar-refractivity contribution in [3.63, 3.8) is 0 Å². The molecule has 0 bridgehead atoms. The summed E-state index contributed by atoms with van der Waals surface area (Å²) in [6.07, 6.45) is 1.83. The molecule has 2 N–H and O–H groups in total. The van der Waals surface area contributed by atoms with E-state index in [1.165, 1.54) is 10.4 Å². The Hall–Kier alpha value is -0.780. The average molecular weight is 193 g/mol. The maximum absolute atomic E-state index is 6.01. The summed E-state index contributed by atoms with van der Waals surface area (Å²) in [5.74, 6) is 5.89. The van der Waals surface area contributed by atoms with Crippen LogP contribution in [0.15, 0.2) is 11.4 Å². The third kappa shape index (κ3) is 2.58. The van der Waals surface area contributed by atoms with E-state index in [1.54, 1.807) is 11.3 Å². The van der Waals surface area contributed by atoms with Gasteiger partial charge in [0.25, 0.3) is 0 Å². The molecular weight excluding hydrogens is 178 g/mol. The highest BCUT2D eigenvalue weighted by atomic mass is 32.1. The van der Waals surface area contributed by atoms with Gasteiger partial charge in [0.15, 0.2) is 0 Å². The van der Waals surface area contributed by atoms with Gasteiger partial charge in [0.05, 0.1) is 6.04 Å². The van der Waals surface area contributed by atoms with E-state index in [2.05, 4.69) is 30.2 Å². The maximum Gasteiger partial charge on any atom is 0.0503 e. The van der Waals surface area contributed by atoms with Gasteiger partial charge in [0, 0.05) is 11.3 Å². The zero-order valence-electron chi connectivity index (χ0n) is 8.13. The summed E-state index contributed by atoms with van der Waals surface area (Å²) in [5, 5.41) is 2.10. The lowest BCUT2D eigenvalue weighted by Crippen LogP contribution is -2.09. The first-order valence-corrected chi connectivity index (χ1v) is 5.39. The molecule has 1 aromatic heterocycles. The number of thiophene rings is 1. The van der Waals surface area contributed by atoms with Crippen LogP contribution in [-0.2, 0) is 6.42 Å². The molecule has 0 fully saturated rings. The molecule has 70 valence electrons. The first kappa shape index (κ1) is 10.3. The smallest absolute Gasteiger partial charge is 0.0503 e. The van der Waals surface area contributed by atoms with Crippen molar-refractivity contribution in [3.05, 3.63) is 21.9 Å².